The van der Waals surface area contributed by atoms with E-state index in [1.165, 1.54) is 48.1 Å². The van der Waals surface area contributed by atoms with Crippen LogP contribution in [-0.4, -0.2) is 24.1 Å². The molecule has 4 heteroatoms. The zero-order chi connectivity index (χ0) is 11.8. The zero-order valence-electron chi connectivity index (χ0n) is 10.7. The fourth-order valence-corrected chi connectivity index (χ4v) is 3.39. The molecule has 94 valence electrons. The summed E-state index contributed by atoms with van der Waals surface area (Å²) < 4.78 is 0. The minimum Gasteiger partial charge on any atom is -0.348 e. The summed E-state index contributed by atoms with van der Waals surface area (Å²) in [6, 6.07) is 0.784. The van der Waals surface area contributed by atoms with Crippen LogP contribution in [-0.2, 0) is 6.54 Å². The number of hydrogen-bond donors (Lipinski definition) is 1. The Kier molecular flexibility index (Phi) is 3.09. The number of thiazole rings is 1. The molecule has 1 aromatic heterocycles. The monoisotopic (exact) mass is 251 g/mol. The van der Waals surface area contributed by atoms with E-state index in [9.17, 15) is 0 Å². The highest BCUT2D eigenvalue weighted by Crippen LogP contribution is 2.30. The van der Waals surface area contributed by atoms with Crippen LogP contribution < -0.4 is 10.2 Å². The van der Waals surface area contributed by atoms with Crippen LogP contribution in [0.4, 0.5) is 5.13 Å². The molecule has 3 nitrogen and oxygen atoms in total. The number of hydrogen-bond acceptors (Lipinski definition) is 4. The van der Waals surface area contributed by atoms with Gasteiger partial charge in [-0.2, -0.15) is 0 Å². The molecule has 0 aromatic carbocycles. The third-order valence-corrected chi connectivity index (χ3v) is 4.92. The Morgan fingerprint density at radius 2 is 2.24 bits per heavy atom. The molecule has 1 atom stereocenters. The second kappa shape index (κ2) is 4.58. The fraction of sp³-hybridized carbons (Fsp3) is 0.769. The molecular formula is C13H21N3S. The van der Waals surface area contributed by atoms with Gasteiger partial charge in [-0.15, -0.1) is 11.3 Å². The molecule has 1 aliphatic carbocycles. The number of rotatable bonds is 4. The smallest absolute Gasteiger partial charge is 0.185 e. The molecule has 2 aliphatic rings. The summed E-state index contributed by atoms with van der Waals surface area (Å²) in [4.78, 5) is 8.60. The molecule has 3 rings (SSSR count). The average Bonchev–Trinajstić information content (AvgIpc) is 2.92. The van der Waals surface area contributed by atoms with Crippen LogP contribution in [0.5, 0.6) is 0 Å². The number of aryl methyl sites for hydroxylation is 1. The molecule has 1 saturated heterocycles. The van der Waals surface area contributed by atoms with Gasteiger partial charge in [0, 0.05) is 30.6 Å². The summed E-state index contributed by atoms with van der Waals surface area (Å²) in [6.45, 7) is 7.85. The van der Waals surface area contributed by atoms with Crippen LogP contribution in [0.1, 0.15) is 36.8 Å². The number of nitrogens with zero attached hydrogens (tertiary/aromatic N) is 2. The highest BCUT2D eigenvalue weighted by Gasteiger charge is 2.24. The van der Waals surface area contributed by atoms with Gasteiger partial charge in [-0.3, -0.25) is 0 Å². The Hall–Kier alpha value is -0.610. The quantitative estimate of drug-likeness (QED) is 0.891. The van der Waals surface area contributed by atoms with Gasteiger partial charge in [0.25, 0.3) is 0 Å². The van der Waals surface area contributed by atoms with Crippen LogP contribution in [0.2, 0.25) is 0 Å². The lowest BCUT2D eigenvalue weighted by molar-refractivity contribution is 0.659. The Balaban J connectivity index is 1.66. The minimum atomic E-state index is 0.784. The van der Waals surface area contributed by atoms with Crippen molar-refractivity contribution in [1.29, 1.82) is 0 Å². The second-order valence-electron chi connectivity index (χ2n) is 5.50. The zero-order valence-corrected chi connectivity index (χ0v) is 11.5. The van der Waals surface area contributed by atoms with Crippen molar-refractivity contribution in [3.63, 3.8) is 0 Å². The first kappa shape index (κ1) is 11.5. The Morgan fingerprint density at radius 3 is 2.88 bits per heavy atom. The molecule has 0 radical (unpaired) electrons. The Morgan fingerprint density at radius 1 is 1.41 bits per heavy atom. The van der Waals surface area contributed by atoms with Crippen molar-refractivity contribution in [1.82, 2.24) is 10.3 Å². The maximum Gasteiger partial charge on any atom is 0.185 e. The van der Waals surface area contributed by atoms with E-state index >= 15 is 0 Å². The van der Waals surface area contributed by atoms with Crippen LogP contribution in [0.15, 0.2) is 0 Å². The van der Waals surface area contributed by atoms with E-state index < -0.39 is 0 Å². The van der Waals surface area contributed by atoms with E-state index in [4.69, 9.17) is 4.98 Å². The van der Waals surface area contributed by atoms with E-state index in [1.807, 2.05) is 11.3 Å². The lowest BCUT2D eigenvalue weighted by Crippen LogP contribution is -2.18. The average molecular weight is 251 g/mol. The van der Waals surface area contributed by atoms with Crippen LogP contribution in [0, 0.1) is 12.8 Å². The molecule has 2 heterocycles. The third-order valence-electron chi connectivity index (χ3n) is 3.70. The molecule has 0 spiro atoms. The van der Waals surface area contributed by atoms with Crippen molar-refractivity contribution in [2.24, 2.45) is 5.92 Å². The highest BCUT2D eigenvalue weighted by atomic mass is 32.1. The van der Waals surface area contributed by atoms with Crippen molar-refractivity contribution in [3.05, 3.63) is 10.6 Å². The number of nitrogens with one attached hydrogen (secondary N) is 1. The molecule has 2 fully saturated rings. The van der Waals surface area contributed by atoms with Gasteiger partial charge in [0.05, 0.1) is 5.69 Å². The topological polar surface area (TPSA) is 28.2 Å². The molecule has 17 heavy (non-hydrogen) atoms. The lowest BCUT2D eigenvalue weighted by atomic mass is 10.2. The first-order valence-electron chi connectivity index (χ1n) is 6.67. The van der Waals surface area contributed by atoms with Gasteiger partial charge in [-0.1, -0.05) is 6.92 Å². The normalized spacial score (nSPS) is 24.6. The molecule has 1 unspecified atom stereocenters. The first-order valence-corrected chi connectivity index (χ1v) is 7.48. The molecular weight excluding hydrogens is 230 g/mol. The van der Waals surface area contributed by atoms with Crippen LogP contribution >= 0.6 is 11.3 Å². The van der Waals surface area contributed by atoms with Crippen molar-refractivity contribution in [2.45, 2.75) is 45.7 Å². The predicted octanol–water partition coefficient (Wildman–Crippen LogP) is 2.55. The molecule has 1 aliphatic heterocycles. The third kappa shape index (κ3) is 2.63. The second-order valence-corrected chi connectivity index (χ2v) is 6.56. The van der Waals surface area contributed by atoms with Gasteiger partial charge in [-0.25, -0.2) is 4.98 Å². The van der Waals surface area contributed by atoms with E-state index in [0.29, 0.717) is 0 Å². The molecule has 1 saturated carbocycles. The van der Waals surface area contributed by atoms with Gasteiger partial charge >= 0.3 is 0 Å². The molecule has 0 amide bonds. The van der Waals surface area contributed by atoms with Crippen molar-refractivity contribution in [2.75, 3.05) is 18.0 Å². The largest absolute Gasteiger partial charge is 0.348 e. The predicted molar refractivity (Wildman–Crippen MR) is 72.7 cm³/mol. The van der Waals surface area contributed by atoms with E-state index in [1.54, 1.807) is 0 Å². The summed E-state index contributed by atoms with van der Waals surface area (Å²) in [5.41, 5.74) is 1.22. The SMILES string of the molecule is Cc1nc(N2CCC(C)C2)sc1CNC1CC1. The summed E-state index contributed by atoms with van der Waals surface area (Å²) in [7, 11) is 0. The number of anilines is 1. The van der Waals surface area contributed by atoms with E-state index in [0.717, 1.165) is 18.5 Å². The van der Waals surface area contributed by atoms with Gasteiger partial charge in [0.1, 0.15) is 0 Å². The molecule has 1 N–H and O–H groups in total. The Labute approximate surface area is 107 Å². The Bertz CT molecular complexity index is 397. The first-order chi connectivity index (χ1) is 8.22. The van der Waals surface area contributed by atoms with Crippen molar-refractivity contribution >= 4 is 16.5 Å². The summed E-state index contributed by atoms with van der Waals surface area (Å²) in [5.74, 6) is 0.826. The summed E-state index contributed by atoms with van der Waals surface area (Å²) >= 11 is 1.88. The van der Waals surface area contributed by atoms with Gasteiger partial charge in [0.15, 0.2) is 5.13 Å². The highest BCUT2D eigenvalue weighted by molar-refractivity contribution is 7.15. The minimum absolute atomic E-state index is 0.784. The van der Waals surface area contributed by atoms with Gasteiger partial charge in [-0.05, 0) is 32.1 Å². The summed E-state index contributed by atoms with van der Waals surface area (Å²) in [6.07, 6.45) is 4.02. The van der Waals surface area contributed by atoms with Crippen molar-refractivity contribution in [3.8, 4) is 0 Å². The number of aromatic nitrogens is 1. The fourth-order valence-electron chi connectivity index (χ4n) is 2.35. The molecule has 0 bridgehead atoms. The standard InChI is InChI=1S/C13H21N3S/c1-9-5-6-16(8-9)13-15-10(2)12(17-13)7-14-11-3-4-11/h9,11,14H,3-8H2,1-2H3. The summed E-state index contributed by atoms with van der Waals surface area (Å²) in [5, 5.41) is 4.81. The van der Waals surface area contributed by atoms with Crippen LogP contribution in [0.25, 0.3) is 0 Å². The molecule has 1 aromatic rings. The van der Waals surface area contributed by atoms with E-state index in [2.05, 4.69) is 24.1 Å². The van der Waals surface area contributed by atoms with E-state index in [-0.39, 0.29) is 0 Å². The van der Waals surface area contributed by atoms with Gasteiger partial charge < -0.3 is 10.2 Å². The lowest BCUT2D eigenvalue weighted by Gasteiger charge is -2.13. The van der Waals surface area contributed by atoms with Crippen LogP contribution in [0.3, 0.4) is 0 Å². The van der Waals surface area contributed by atoms with Crippen molar-refractivity contribution < 1.29 is 0 Å². The maximum atomic E-state index is 4.73. The van der Waals surface area contributed by atoms with Gasteiger partial charge in [0.2, 0.25) is 0 Å². The maximum absolute atomic E-state index is 4.73.